The van der Waals surface area contributed by atoms with Gasteiger partial charge in [0.2, 0.25) is 0 Å². The van der Waals surface area contributed by atoms with Gasteiger partial charge in [-0.05, 0) is 13.3 Å². The molecule has 5 heteroatoms. The third kappa shape index (κ3) is 11.9. The summed E-state index contributed by atoms with van der Waals surface area (Å²) in [7, 11) is 0. The molecule has 0 saturated heterocycles. The third-order valence-corrected chi connectivity index (χ3v) is 0.786. The van der Waals surface area contributed by atoms with E-state index in [4.69, 9.17) is 14.8 Å². The van der Waals surface area contributed by atoms with Crippen molar-refractivity contribution in [2.24, 2.45) is 0 Å². The van der Waals surface area contributed by atoms with Gasteiger partial charge in [-0.25, -0.2) is 4.79 Å². The summed E-state index contributed by atoms with van der Waals surface area (Å²) in [6.07, 6.45) is 0.860. The Balaban J connectivity index is 0. The van der Waals surface area contributed by atoms with E-state index in [1.165, 1.54) is 0 Å². The SMILES string of the molecule is C=C(C)C(=O)OCCC.O[B]O. The molecule has 0 aliphatic rings. The fraction of sp³-hybridized carbons (Fsp3) is 0.571. The molecular formula is C7H14BO4. The average molecular weight is 173 g/mol. The quantitative estimate of drug-likeness (QED) is 0.358. The van der Waals surface area contributed by atoms with Crippen LogP contribution in [0.3, 0.4) is 0 Å². The van der Waals surface area contributed by atoms with Gasteiger partial charge in [0, 0.05) is 5.57 Å². The molecule has 0 unspecified atom stereocenters. The van der Waals surface area contributed by atoms with Gasteiger partial charge >= 0.3 is 13.7 Å². The lowest BCUT2D eigenvalue weighted by molar-refractivity contribution is -0.138. The number of esters is 1. The highest BCUT2D eigenvalue weighted by Gasteiger charge is 1.99. The molecule has 0 bridgehead atoms. The summed E-state index contributed by atoms with van der Waals surface area (Å²) in [5.41, 5.74) is 0.462. The van der Waals surface area contributed by atoms with E-state index in [0.717, 1.165) is 6.42 Å². The zero-order valence-electron chi connectivity index (χ0n) is 7.41. The first-order chi connectivity index (χ1) is 5.59. The van der Waals surface area contributed by atoms with Crippen LogP contribution in [-0.2, 0) is 9.53 Å². The molecule has 0 aliphatic carbocycles. The maximum Gasteiger partial charge on any atom is 0.482 e. The van der Waals surface area contributed by atoms with Crippen LogP contribution in [-0.4, -0.2) is 30.3 Å². The van der Waals surface area contributed by atoms with Gasteiger partial charge in [0.1, 0.15) is 0 Å². The molecule has 0 aromatic carbocycles. The van der Waals surface area contributed by atoms with Crippen molar-refractivity contribution in [2.45, 2.75) is 20.3 Å². The standard InChI is InChI=1S/C7H12O2.BH2O2/c1-4-5-9-7(8)6(2)3;2-1-3/h2,4-5H2,1,3H3;2-3H. The highest BCUT2D eigenvalue weighted by atomic mass is 16.5. The van der Waals surface area contributed by atoms with Gasteiger partial charge < -0.3 is 14.8 Å². The van der Waals surface area contributed by atoms with E-state index in [-0.39, 0.29) is 13.7 Å². The Hall–Kier alpha value is -0.805. The Morgan fingerprint density at radius 2 is 2.00 bits per heavy atom. The number of carbonyl (C=O) groups is 1. The number of carbonyl (C=O) groups excluding carboxylic acids is 1. The Bertz CT molecular complexity index is 135. The van der Waals surface area contributed by atoms with E-state index in [1.807, 2.05) is 6.92 Å². The van der Waals surface area contributed by atoms with E-state index < -0.39 is 0 Å². The maximum atomic E-state index is 10.6. The topological polar surface area (TPSA) is 66.8 Å². The highest BCUT2D eigenvalue weighted by molar-refractivity contribution is 6.13. The summed E-state index contributed by atoms with van der Waals surface area (Å²) in [6, 6.07) is 0. The van der Waals surface area contributed by atoms with Crippen LogP contribution in [0, 0.1) is 0 Å². The zero-order chi connectivity index (χ0) is 9.98. The number of ether oxygens (including phenoxy) is 1. The molecule has 0 aromatic rings. The molecule has 0 fully saturated rings. The lowest BCUT2D eigenvalue weighted by Crippen LogP contribution is -2.04. The molecule has 1 radical (unpaired) electrons. The van der Waals surface area contributed by atoms with Gasteiger partial charge in [-0.2, -0.15) is 0 Å². The van der Waals surface area contributed by atoms with E-state index in [2.05, 4.69) is 6.58 Å². The second-order valence-corrected chi connectivity index (χ2v) is 2.03. The molecular weight excluding hydrogens is 159 g/mol. The molecule has 2 N–H and O–H groups in total. The van der Waals surface area contributed by atoms with Crippen molar-refractivity contribution >= 4 is 13.7 Å². The van der Waals surface area contributed by atoms with Crippen LogP contribution < -0.4 is 0 Å². The van der Waals surface area contributed by atoms with Crippen LogP contribution in [0.4, 0.5) is 0 Å². The summed E-state index contributed by atoms with van der Waals surface area (Å²) in [5, 5.41) is 14.0. The normalized spacial score (nSPS) is 7.67. The average Bonchev–Trinajstić information content (AvgIpc) is 2.01. The second kappa shape index (κ2) is 10.2. The predicted octanol–water partition coefficient (Wildman–Crippen LogP) is 0.0209. The van der Waals surface area contributed by atoms with Crippen LogP contribution in [0.5, 0.6) is 0 Å². The molecule has 4 nitrogen and oxygen atoms in total. The first-order valence-electron chi connectivity index (χ1n) is 3.52. The monoisotopic (exact) mass is 173 g/mol. The molecule has 0 aromatic heterocycles. The van der Waals surface area contributed by atoms with Crippen LogP contribution >= 0.6 is 0 Å². The smallest absolute Gasteiger partial charge is 0.462 e. The van der Waals surface area contributed by atoms with Crippen molar-refractivity contribution in [1.29, 1.82) is 0 Å². The minimum absolute atomic E-state index is 0. The molecule has 0 amide bonds. The fourth-order valence-electron chi connectivity index (χ4n) is 0.318. The minimum Gasteiger partial charge on any atom is -0.462 e. The summed E-state index contributed by atoms with van der Waals surface area (Å²) in [6.45, 7) is 7.51. The van der Waals surface area contributed by atoms with Gasteiger partial charge in [0.15, 0.2) is 0 Å². The highest BCUT2D eigenvalue weighted by Crippen LogP contribution is 1.91. The molecule has 69 valence electrons. The van der Waals surface area contributed by atoms with Gasteiger partial charge in [-0.15, -0.1) is 0 Å². The van der Waals surface area contributed by atoms with Crippen LogP contribution in [0.15, 0.2) is 12.2 Å². The third-order valence-electron chi connectivity index (χ3n) is 0.786. The van der Waals surface area contributed by atoms with Gasteiger partial charge in [0.25, 0.3) is 0 Å². The minimum atomic E-state index is -0.295. The fourth-order valence-corrected chi connectivity index (χ4v) is 0.318. The lowest BCUT2D eigenvalue weighted by atomic mass is 10.4. The van der Waals surface area contributed by atoms with Gasteiger partial charge in [-0.1, -0.05) is 13.5 Å². The molecule has 0 atom stereocenters. The van der Waals surface area contributed by atoms with E-state index in [0.29, 0.717) is 12.2 Å². The molecule has 0 spiro atoms. The Labute approximate surface area is 73.2 Å². The molecule has 0 aliphatic heterocycles. The molecule has 0 rings (SSSR count). The summed E-state index contributed by atoms with van der Waals surface area (Å²) < 4.78 is 4.71. The second-order valence-electron chi connectivity index (χ2n) is 2.03. The van der Waals surface area contributed by atoms with Crippen molar-refractivity contribution in [2.75, 3.05) is 6.61 Å². The number of hydrogen-bond acceptors (Lipinski definition) is 4. The van der Waals surface area contributed by atoms with Crippen LogP contribution in [0.1, 0.15) is 20.3 Å². The van der Waals surface area contributed by atoms with Crippen molar-refractivity contribution < 1.29 is 19.6 Å². The van der Waals surface area contributed by atoms with Crippen molar-refractivity contribution in [3.05, 3.63) is 12.2 Å². The molecule has 0 saturated carbocycles. The summed E-state index contributed by atoms with van der Waals surface area (Å²) in [4.78, 5) is 10.6. The van der Waals surface area contributed by atoms with E-state index in [9.17, 15) is 4.79 Å². The summed E-state index contributed by atoms with van der Waals surface area (Å²) >= 11 is 0. The molecule has 12 heavy (non-hydrogen) atoms. The van der Waals surface area contributed by atoms with Crippen molar-refractivity contribution in [3.8, 4) is 0 Å². The van der Waals surface area contributed by atoms with E-state index in [1.54, 1.807) is 6.92 Å². The Morgan fingerprint density at radius 3 is 2.25 bits per heavy atom. The lowest BCUT2D eigenvalue weighted by Gasteiger charge is -1.99. The maximum absolute atomic E-state index is 10.6. The van der Waals surface area contributed by atoms with Crippen molar-refractivity contribution in [3.63, 3.8) is 0 Å². The summed E-state index contributed by atoms with van der Waals surface area (Å²) in [5.74, 6) is -0.295. The van der Waals surface area contributed by atoms with Gasteiger partial charge in [0.05, 0.1) is 6.61 Å². The largest absolute Gasteiger partial charge is 0.482 e. The molecule has 0 heterocycles. The van der Waals surface area contributed by atoms with Gasteiger partial charge in [-0.3, -0.25) is 0 Å². The van der Waals surface area contributed by atoms with Crippen LogP contribution in [0.25, 0.3) is 0 Å². The predicted molar refractivity (Wildman–Crippen MR) is 46.3 cm³/mol. The van der Waals surface area contributed by atoms with E-state index >= 15 is 0 Å². The Kier molecular flexibility index (Phi) is 11.7. The Morgan fingerprint density at radius 1 is 1.58 bits per heavy atom. The number of hydrogen-bond donors (Lipinski definition) is 2. The first-order valence-corrected chi connectivity index (χ1v) is 3.52. The zero-order valence-corrected chi connectivity index (χ0v) is 7.41. The van der Waals surface area contributed by atoms with Crippen LogP contribution in [0.2, 0.25) is 0 Å². The number of rotatable bonds is 3. The van der Waals surface area contributed by atoms with Crippen molar-refractivity contribution in [1.82, 2.24) is 0 Å². The first kappa shape index (κ1) is 13.8.